The quantitative estimate of drug-likeness (QED) is 0.866. The molecule has 17 heavy (non-hydrogen) atoms. The monoisotopic (exact) mass is 228 g/mol. The van der Waals surface area contributed by atoms with Crippen LogP contribution in [0.15, 0.2) is 30.3 Å². The fourth-order valence-corrected chi connectivity index (χ4v) is 1.66. The largest absolute Gasteiger partial charge is 0.368 e. The maximum Gasteiger partial charge on any atom is 0.223 e. The molecule has 2 N–H and O–H groups in total. The van der Waals surface area contributed by atoms with E-state index in [1.54, 1.807) is 0 Å². The number of aryl methyl sites for hydroxylation is 3. The third-order valence-corrected chi connectivity index (χ3v) is 2.54. The van der Waals surface area contributed by atoms with Crippen molar-refractivity contribution >= 4 is 5.95 Å². The standard InChI is InChI=1S/C13H16N4/c1-2-11-15-12(17-13(14)16-11)9-8-10-6-4-3-5-7-10/h3-7H,2,8-9H2,1H3,(H2,14,15,16,17). The van der Waals surface area contributed by atoms with E-state index in [2.05, 4.69) is 27.1 Å². The lowest BCUT2D eigenvalue weighted by Gasteiger charge is -2.03. The van der Waals surface area contributed by atoms with E-state index in [0.717, 1.165) is 30.9 Å². The zero-order chi connectivity index (χ0) is 12.1. The first-order chi connectivity index (χ1) is 8.28. The van der Waals surface area contributed by atoms with Crippen LogP contribution >= 0.6 is 0 Å². The summed E-state index contributed by atoms with van der Waals surface area (Å²) in [5, 5.41) is 0. The Morgan fingerprint density at radius 3 is 2.35 bits per heavy atom. The molecule has 0 atom stereocenters. The van der Waals surface area contributed by atoms with Crippen molar-refractivity contribution in [2.75, 3.05) is 5.73 Å². The maximum absolute atomic E-state index is 5.64. The van der Waals surface area contributed by atoms with Gasteiger partial charge in [0.05, 0.1) is 0 Å². The van der Waals surface area contributed by atoms with Gasteiger partial charge in [-0.05, 0) is 12.0 Å². The highest BCUT2D eigenvalue weighted by Gasteiger charge is 2.03. The van der Waals surface area contributed by atoms with Crippen molar-refractivity contribution in [3.63, 3.8) is 0 Å². The fraction of sp³-hybridized carbons (Fsp3) is 0.308. The first kappa shape index (κ1) is 11.5. The second kappa shape index (κ2) is 5.39. The highest BCUT2D eigenvalue weighted by atomic mass is 15.1. The summed E-state index contributed by atoms with van der Waals surface area (Å²) in [6, 6.07) is 10.3. The van der Waals surface area contributed by atoms with Gasteiger partial charge >= 0.3 is 0 Å². The van der Waals surface area contributed by atoms with Crippen LogP contribution in [0.2, 0.25) is 0 Å². The van der Waals surface area contributed by atoms with Gasteiger partial charge in [-0.1, -0.05) is 37.3 Å². The lowest BCUT2D eigenvalue weighted by molar-refractivity contribution is 0.799. The van der Waals surface area contributed by atoms with Crippen molar-refractivity contribution in [2.24, 2.45) is 0 Å². The summed E-state index contributed by atoms with van der Waals surface area (Å²) in [6.07, 6.45) is 2.50. The molecule has 2 aromatic rings. The number of nitrogens with two attached hydrogens (primary N) is 1. The van der Waals surface area contributed by atoms with Gasteiger partial charge in [0, 0.05) is 12.8 Å². The molecule has 88 valence electrons. The van der Waals surface area contributed by atoms with Crippen LogP contribution in [0.5, 0.6) is 0 Å². The van der Waals surface area contributed by atoms with Gasteiger partial charge in [-0.2, -0.15) is 9.97 Å². The van der Waals surface area contributed by atoms with E-state index < -0.39 is 0 Å². The predicted octanol–water partition coefficient (Wildman–Crippen LogP) is 1.80. The molecule has 0 saturated heterocycles. The predicted molar refractivity (Wildman–Crippen MR) is 67.5 cm³/mol. The molecule has 1 aromatic heterocycles. The van der Waals surface area contributed by atoms with E-state index >= 15 is 0 Å². The second-order valence-electron chi connectivity index (χ2n) is 3.87. The Balaban J connectivity index is 2.06. The van der Waals surface area contributed by atoms with Gasteiger partial charge in [0.1, 0.15) is 11.6 Å². The average molecular weight is 228 g/mol. The van der Waals surface area contributed by atoms with Gasteiger partial charge in [0.2, 0.25) is 5.95 Å². The summed E-state index contributed by atoms with van der Waals surface area (Å²) in [5.74, 6) is 1.86. The first-order valence-corrected chi connectivity index (χ1v) is 5.81. The molecule has 1 heterocycles. The van der Waals surface area contributed by atoms with Crippen molar-refractivity contribution in [1.82, 2.24) is 15.0 Å². The minimum Gasteiger partial charge on any atom is -0.368 e. The van der Waals surface area contributed by atoms with Gasteiger partial charge in [0.15, 0.2) is 0 Å². The van der Waals surface area contributed by atoms with Gasteiger partial charge in [-0.3, -0.25) is 0 Å². The SMILES string of the molecule is CCc1nc(N)nc(CCc2ccccc2)n1. The number of anilines is 1. The Bertz CT molecular complexity index is 482. The lowest BCUT2D eigenvalue weighted by Crippen LogP contribution is -2.07. The van der Waals surface area contributed by atoms with Crippen LogP contribution in [0.25, 0.3) is 0 Å². The van der Waals surface area contributed by atoms with E-state index in [1.807, 2.05) is 25.1 Å². The maximum atomic E-state index is 5.64. The Hall–Kier alpha value is -1.97. The van der Waals surface area contributed by atoms with Gasteiger partial charge < -0.3 is 5.73 Å². The summed E-state index contributed by atoms with van der Waals surface area (Å²) in [4.78, 5) is 12.6. The normalized spacial score (nSPS) is 10.4. The molecular formula is C13H16N4. The Morgan fingerprint density at radius 2 is 1.65 bits per heavy atom. The summed E-state index contributed by atoms with van der Waals surface area (Å²) in [7, 11) is 0. The molecule has 2 rings (SSSR count). The minimum atomic E-state index is 0.319. The number of benzene rings is 1. The van der Waals surface area contributed by atoms with Crippen molar-refractivity contribution in [1.29, 1.82) is 0 Å². The van der Waals surface area contributed by atoms with Crippen LogP contribution in [-0.4, -0.2) is 15.0 Å². The topological polar surface area (TPSA) is 64.7 Å². The molecule has 4 heteroatoms. The molecule has 1 aromatic carbocycles. The number of hydrogen-bond donors (Lipinski definition) is 1. The number of nitrogen functional groups attached to an aromatic ring is 1. The van der Waals surface area contributed by atoms with Crippen LogP contribution in [-0.2, 0) is 19.3 Å². The average Bonchev–Trinajstić information content (AvgIpc) is 2.37. The number of rotatable bonds is 4. The highest BCUT2D eigenvalue weighted by Crippen LogP contribution is 2.05. The molecule has 0 saturated carbocycles. The molecule has 0 bridgehead atoms. The van der Waals surface area contributed by atoms with Crippen LogP contribution < -0.4 is 5.73 Å². The van der Waals surface area contributed by atoms with Crippen LogP contribution in [0.3, 0.4) is 0 Å². The molecule has 0 amide bonds. The van der Waals surface area contributed by atoms with Gasteiger partial charge in [-0.15, -0.1) is 0 Å². The molecule has 0 spiro atoms. The van der Waals surface area contributed by atoms with E-state index in [0.29, 0.717) is 5.95 Å². The lowest BCUT2D eigenvalue weighted by atomic mass is 10.1. The van der Waals surface area contributed by atoms with E-state index in [4.69, 9.17) is 5.73 Å². The summed E-state index contributed by atoms with van der Waals surface area (Å²) in [6.45, 7) is 2.01. The summed E-state index contributed by atoms with van der Waals surface area (Å²) < 4.78 is 0. The van der Waals surface area contributed by atoms with Crippen LogP contribution in [0.1, 0.15) is 24.1 Å². The molecule has 0 aliphatic heterocycles. The van der Waals surface area contributed by atoms with Crippen molar-refractivity contribution in [2.45, 2.75) is 26.2 Å². The molecule has 0 radical (unpaired) electrons. The number of aromatic nitrogens is 3. The molecule has 4 nitrogen and oxygen atoms in total. The van der Waals surface area contributed by atoms with E-state index in [1.165, 1.54) is 5.56 Å². The Labute approximate surface area is 101 Å². The number of hydrogen-bond acceptors (Lipinski definition) is 4. The minimum absolute atomic E-state index is 0.319. The summed E-state index contributed by atoms with van der Waals surface area (Å²) >= 11 is 0. The summed E-state index contributed by atoms with van der Waals surface area (Å²) in [5.41, 5.74) is 6.92. The van der Waals surface area contributed by atoms with Crippen LogP contribution in [0, 0.1) is 0 Å². The third-order valence-electron chi connectivity index (χ3n) is 2.54. The second-order valence-corrected chi connectivity index (χ2v) is 3.87. The number of nitrogens with zero attached hydrogens (tertiary/aromatic N) is 3. The highest BCUT2D eigenvalue weighted by molar-refractivity contribution is 5.18. The molecule has 0 aliphatic carbocycles. The molecule has 0 unspecified atom stereocenters. The first-order valence-electron chi connectivity index (χ1n) is 5.81. The Morgan fingerprint density at radius 1 is 0.941 bits per heavy atom. The zero-order valence-electron chi connectivity index (χ0n) is 9.93. The van der Waals surface area contributed by atoms with E-state index in [9.17, 15) is 0 Å². The van der Waals surface area contributed by atoms with Crippen LogP contribution in [0.4, 0.5) is 5.95 Å². The van der Waals surface area contributed by atoms with E-state index in [-0.39, 0.29) is 0 Å². The zero-order valence-corrected chi connectivity index (χ0v) is 9.93. The van der Waals surface area contributed by atoms with Crippen molar-refractivity contribution in [3.8, 4) is 0 Å². The van der Waals surface area contributed by atoms with Crippen molar-refractivity contribution < 1.29 is 0 Å². The molecule has 0 aliphatic rings. The molecule has 0 fully saturated rings. The fourth-order valence-electron chi connectivity index (χ4n) is 1.66. The molecular weight excluding hydrogens is 212 g/mol. The third kappa shape index (κ3) is 3.24. The smallest absolute Gasteiger partial charge is 0.223 e. The van der Waals surface area contributed by atoms with Crippen molar-refractivity contribution in [3.05, 3.63) is 47.5 Å². The van der Waals surface area contributed by atoms with Gasteiger partial charge in [-0.25, -0.2) is 4.98 Å². The van der Waals surface area contributed by atoms with Gasteiger partial charge in [0.25, 0.3) is 0 Å². The Kier molecular flexibility index (Phi) is 3.65.